The van der Waals surface area contributed by atoms with E-state index in [1.165, 1.54) is 0 Å². The fraction of sp³-hybridized carbons (Fsp3) is 0.0588. The number of imidazole rings is 1. The second-order valence-electron chi connectivity index (χ2n) is 4.93. The summed E-state index contributed by atoms with van der Waals surface area (Å²) in [6, 6.07) is 13.3. The molecule has 1 aromatic heterocycles. The molecule has 0 atom stereocenters. The van der Waals surface area contributed by atoms with E-state index in [1.54, 1.807) is 12.5 Å². The molecule has 4 nitrogen and oxygen atoms in total. The molecule has 5 heteroatoms. The number of carbonyl (C=O) groups excluding carboxylic acids is 1. The molecule has 2 aromatic carbocycles. The summed E-state index contributed by atoms with van der Waals surface area (Å²) in [7, 11) is 0. The maximum atomic E-state index is 12.4. The number of halogens is 1. The molecule has 1 heterocycles. The summed E-state index contributed by atoms with van der Waals surface area (Å²) < 4.78 is 2.77. The number of rotatable bonds is 3. The molecule has 0 saturated carbocycles. The van der Waals surface area contributed by atoms with Gasteiger partial charge in [0.25, 0.3) is 5.91 Å². The molecule has 1 amide bonds. The monoisotopic (exact) mass is 355 g/mol. The van der Waals surface area contributed by atoms with Crippen LogP contribution in [0.1, 0.15) is 15.9 Å². The third kappa shape index (κ3) is 3.09. The van der Waals surface area contributed by atoms with Gasteiger partial charge in [-0.05, 0) is 42.8 Å². The van der Waals surface area contributed by atoms with Crippen molar-refractivity contribution < 1.29 is 4.79 Å². The fourth-order valence-corrected chi connectivity index (χ4v) is 2.55. The lowest BCUT2D eigenvalue weighted by molar-refractivity contribution is 0.102. The van der Waals surface area contributed by atoms with Gasteiger partial charge in [0.2, 0.25) is 0 Å². The Bertz CT molecular complexity index is 813. The number of nitrogens with zero attached hydrogens (tertiary/aromatic N) is 2. The normalized spacial score (nSPS) is 10.5. The van der Waals surface area contributed by atoms with Crippen LogP contribution in [-0.2, 0) is 0 Å². The Hall–Kier alpha value is -2.40. The minimum Gasteiger partial charge on any atom is -0.322 e. The number of hydrogen-bond acceptors (Lipinski definition) is 2. The van der Waals surface area contributed by atoms with Crippen LogP contribution in [0.15, 0.2) is 65.7 Å². The van der Waals surface area contributed by atoms with Crippen LogP contribution in [0.25, 0.3) is 5.69 Å². The lowest BCUT2D eigenvalue weighted by atomic mass is 10.1. The third-order valence-corrected chi connectivity index (χ3v) is 3.84. The second-order valence-corrected chi connectivity index (χ2v) is 5.85. The number of benzene rings is 2. The number of aromatic nitrogens is 2. The molecule has 0 saturated heterocycles. The molecule has 0 fully saturated rings. The van der Waals surface area contributed by atoms with Crippen LogP contribution in [0.4, 0.5) is 5.69 Å². The van der Waals surface area contributed by atoms with Crippen molar-refractivity contribution >= 4 is 27.5 Å². The maximum Gasteiger partial charge on any atom is 0.255 e. The molecule has 0 bridgehead atoms. The van der Waals surface area contributed by atoms with Gasteiger partial charge in [-0.3, -0.25) is 4.79 Å². The van der Waals surface area contributed by atoms with Gasteiger partial charge >= 0.3 is 0 Å². The van der Waals surface area contributed by atoms with E-state index in [4.69, 9.17) is 0 Å². The van der Waals surface area contributed by atoms with Gasteiger partial charge in [0.15, 0.2) is 0 Å². The summed E-state index contributed by atoms with van der Waals surface area (Å²) in [5.74, 6) is -0.124. The van der Waals surface area contributed by atoms with Crippen molar-refractivity contribution in [2.45, 2.75) is 6.92 Å². The fourth-order valence-electron chi connectivity index (χ4n) is 2.19. The quantitative estimate of drug-likeness (QED) is 0.765. The Morgan fingerprint density at radius 2 is 2.09 bits per heavy atom. The van der Waals surface area contributed by atoms with Gasteiger partial charge in [0.05, 0.1) is 6.33 Å². The zero-order valence-electron chi connectivity index (χ0n) is 12.0. The summed E-state index contributed by atoms with van der Waals surface area (Å²) >= 11 is 3.40. The van der Waals surface area contributed by atoms with Crippen LogP contribution in [0.5, 0.6) is 0 Å². The van der Waals surface area contributed by atoms with Crippen molar-refractivity contribution in [3.63, 3.8) is 0 Å². The second kappa shape index (κ2) is 6.15. The van der Waals surface area contributed by atoms with Crippen LogP contribution in [0, 0.1) is 6.92 Å². The van der Waals surface area contributed by atoms with E-state index in [-0.39, 0.29) is 5.91 Å². The molecule has 0 spiro atoms. The van der Waals surface area contributed by atoms with Crippen molar-refractivity contribution in [2.75, 3.05) is 5.32 Å². The standard InChI is InChI=1S/C17H14BrN3O/c1-12-5-6-13(18)9-16(12)17(22)20-14-3-2-4-15(10-14)21-8-7-19-11-21/h2-11H,1H3,(H,20,22). The first-order valence-corrected chi connectivity index (χ1v) is 7.59. The number of anilines is 1. The highest BCUT2D eigenvalue weighted by atomic mass is 79.9. The smallest absolute Gasteiger partial charge is 0.255 e. The van der Waals surface area contributed by atoms with Gasteiger partial charge in [-0.15, -0.1) is 0 Å². The van der Waals surface area contributed by atoms with E-state index in [1.807, 2.05) is 60.2 Å². The van der Waals surface area contributed by atoms with Crippen molar-refractivity contribution in [3.8, 4) is 5.69 Å². The SMILES string of the molecule is Cc1ccc(Br)cc1C(=O)Nc1cccc(-n2ccnc2)c1. The third-order valence-electron chi connectivity index (χ3n) is 3.35. The summed E-state index contributed by atoms with van der Waals surface area (Å²) in [5.41, 5.74) is 3.28. The number of aryl methyl sites for hydroxylation is 1. The van der Waals surface area contributed by atoms with Gasteiger partial charge in [-0.2, -0.15) is 0 Å². The van der Waals surface area contributed by atoms with Gasteiger partial charge < -0.3 is 9.88 Å². The summed E-state index contributed by atoms with van der Waals surface area (Å²) in [4.78, 5) is 16.5. The van der Waals surface area contributed by atoms with Crippen LogP contribution in [0.3, 0.4) is 0 Å². The highest BCUT2D eigenvalue weighted by Crippen LogP contribution is 2.19. The first kappa shape index (κ1) is 14.5. The Morgan fingerprint density at radius 3 is 2.86 bits per heavy atom. The van der Waals surface area contributed by atoms with Gasteiger partial charge in [0, 0.05) is 33.8 Å². The molecule has 0 aliphatic heterocycles. The Morgan fingerprint density at radius 1 is 1.23 bits per heavy atom. The number of hydrogen-bond donors (Lipinski definition) is 1. The zero-order chi connectivity index (χ0) is 15.5. The van der Waals surface area contributed by atoms with Crippen molar-refractivity contribution in [1.29, 1.82) is 0 Å². The largest absolute Gasteiger partial charge is 0.322 e. The lowest BCUT2D eigenvalue weighted by Crippen LogP contribution is -2.13. The van der Waals surface area contributed by atoms with Gasteiger partial charge in [-0.1, -0.05) is 28.1 Å². The predicted molar refractivity (Wildman–Crippen MR) is 90.4 cm³/mol. The highest BCUT2D eigenvalue weighted by Gasteiger charge is 2.10. The van der Waals surface area contributed by atoms with E-state index in [0.717, 1.165) is 21.4 Å². The minimum absolute atomic E-state index is 0.124. The number of carbonyl (C=O) groups is 1. The van der Waals surface area contributed by atoms with Crippen molar-refractivity contribution in [2.24, 2.45) is 0 Å². The Kier molecular flexibility index (Phi) is 4.06. The van der Waals surface area contributed by atoms with Crippen LogP contribution in [-0.4, -0.2) is 15.5 Å². The van der Waals surface area contributed by atoms with Crippen molar-refractivity contribution in [1.82, 2.24) is 9.55 Å². The molecule has 110 valence electrons. The molecule has 22 heavy (non-hydrogen) atoms. The molecular weight excluding hydrogens is 342 g/mol. The molecule has 0 unspecified atom stereocenters. The maximum absolute atomic E-state index is 12.4. The van der Waals surface area contributed by atoms with Gasteiger partial charge in [0.1, 0.15) is 0 Å². The summed E-state index contributed by atoms with van der Waals surface area (Å²) in [6.07, 6.45) is 5.30. The minimum atomic E-state index is -0.124. The van der Waals surface area contributed by atoms with E-state index >= 15 is 0 Å². The zero-order valence-corrected chi connectivity index (χ0v) is 13.5. The van der Waals surface area contributed by atoms with Crippen LogP contribution < -0.4 is 5.32 Å². The number of nitrogens with one attached hydrogen (secondary N) is 1. The van der Waals surface area contributed by atoms with Crippen molar-refractivity contribution in [3.05, 3.63) is 76.8 Å². The van der Waals surface area contributed by atoms with Gasteiger partial charge in [-0.25, -0.2) is 4.98 Å². The molecule has 0 aliphatic carbocycles. The first-order valence-electron chi connectivity index (χ1n) is 6.79. The van der Waals surface area contributed by atoms with E-state index in [2.05, 4.69) is 26.2 Å². The Labute approximate surface area is 136 Å². The predicted octanol–water partition coefficient (Wildman–Crippen LogP) is 4.20. The molecule has 0 radical (unpaired) electrons. The highest BCUT2D eigenvalue weighted by molar-refractivity contribution is 9.10. The summed E-state index contributed by atoms with van der Waals surface area (Å²) in [6.45, 7) is 1.92. The molecular formula is C17H14BrN3O. The molecule has 1 N–H and O–H groups in total. The first-order chi connectivity index (χ1) is 10.6. The van der Waals surface area contributed by atoms with E-state index in [9.17, 15) is 4.79 Å². The molecule has 3 rings (SSSR count). The lowest BCUT2D eigenvalue weighted by Gasteiger charge is -2.10. The average Bonchev–Trinajstić information content (AvgIpc) is 3.04. The van der Waals surface area contributed by atoms with E-state index < -0.39 is 0 Å². The van der Waals surface area contributed by atoms with Crippen LogP contribution >= 0.6 is 15.9 Å². The molecule has 0 aliphatic rings. The Balaban J connectivity index is 1.85. The van der Waals surface area contributed by atoms with E-state index in [0.29, 0.717) is 5.56 Å². The average molecular weight is 356 g/mol. The topological polar surface area (TPSA) is 46.9 Å². The van der Waals surface area contributed by atoms with Crippen LogP contribution in [0.2, 0.25) is 0 Å². The molecule has 3 aromatic rings. The summed E-state index contributed by atoms with van der Waals surface area (Å²) in [5, 5.41) is 2.94. The number of amides is 1.